The van der Waals surface area contributed by atoms with Crippen molar-refractivity contribution in [2.45, 2.75) is 22.9 Å². The van der Waals surface area contributed by atoms with Crippen molar-refractivity contribution < 1.29 is 26.4 Å². The van der Waals surface area contributed by atoms with Gasteiger partial charge < -0.3 is 10.6 Å². The monoisotopic (exact) mass is 502 g/mol. The van der Waals surface area contributed by atoms with Crippen LogP contribution >= 0.6 is 0 Å². The van der Waals surface area contributed by atoms with Crippen LogP contribution in [0.15, 0.2) is 82.6 Å². The quantitative estimate of drug-likeness (QED) is 0.354. The molecule has 6 N–H and O–H groups in total. The molecule has 0 spiro atoms. The summed E-state index contributed by atoms with van der Waals surface area (Å²) in [6.07, 6.45) is 0. The number of carbonyl (C=O) groups is 2. The van der Waals surface area contributed by atoms with Crippen LogP contribution in [0, 0.1) is 0 Å². The highest BCUT2D eigenvalue weighted by Crippen LogP contribution is 2.13. The van der Waals surface area contributed by atoms with Gasteiger partial charge in [0.05, 0.1) is 20.9 Å². The highest BCUT2D eigenvalue weighted by molar-refractivity contribution is 7.89. The lowest BCUT2D eigenvalue weighted by Crippen LogP contribution is -2.29. The normalized spacial score (nSPS) is 11.6. The van der Waals surface area contributed by atoms with Crippen LogP contribution in [0.3, 0.4) is 0 Å². The Hall–Kier alpha value is -3.58. The first kappa shape index (κ1) is 25.1. The molecule has 2 amide bonds. The minimum atomic E-state index is -3.81. The molecule has 0 saturated carbocycles. The molecular weight excluding hydrogens is 480 g/mol. The van der Waals surface area contributed by atoms with Crippen molar-refractivity contribution in [1.29, 1.82) is 0 Å². The van der Waals surface area contributed by atoms with Gasteiger partial charge in [0.1, 0.15) is 0 Å². The Labute approximate surface area is 197 Å². The molecule has 0 aliphatic rings. The maximum atomic E-state index is 12.7. The molecule has 178 valence electrons. The average Bonchev–Trinajstić information content (AvgIpc) is 2.80. The van der Waals surface area contributed by atoms with E-state index in [9.17, 15) is 26.4 Å². The summed E-state index contributed by atoms with van der Waals surface area (Å²) >= 11 is 0. The molecule has 0 aromatic heterocycles. The van der Waals surface area contributed by atoms with Gasteiger partial charge >= 0.3 is 0 Å². The maximum Gasteiger partial charge on any atom is 0.252 e. The molecule has 0 radical (unpaired) electrons. The van der Waals surface area contributed by atoms with Crippen LogP contribution < -0.4 is 20.9 Å². The van der Waals surface area contributed by atoms with E-state index in [1.54, 1.807) is 12.1 Å². The van der Waals surface area contributed by atoms with E-state index in [2.05, 4.69) is 10.6 Å². The first-order valence-electron chi connectivity index (χ1n) is 9.84. The Morgan fingerprint density at radius 1 is 0.588 bits per heavy atom. The van der Waals surface area contributed by atoms with E-state index in [0.717, 1.165) is 0 Å². The SMILES string of the molecule is NS(=O)(=O)c1ccc(CNC(=O)c2ccccc2C(=O)NCc2ccc(S(N)(=O)=O)cc2)cc1. The van der Waals surface area contributed by atoms with E-state index >= 15 is 0 Å². The minimum Gasteiger partial charge on any atom is -0.348 e. The summed E-state index contributed by atoms with van der Waals surface area (Å²) in [7, 11) is -7.62. The van der Waals surface area contributed by atoms with Crippen molar-refractivity contribution >= 4 is 31.9 Å². The van der Waals surface area contributed by atoms with Gasteiger partial charge in [0.15, 0.2) is 0 Å². The molecule has 0 aliphatic heterocycles. The van der Waals surface area contributed by atoms with Gasteiger partial charge in [-0.3, -0.25) is 9.59 Å². The number of sulfonamides is 2. The standard InChI is InChI=1S/C22H22N4O6S2/c23-33(29,30)17-9-5-15(6-10-17)13-25-21(27)19-3-1-2-4-20(19)22(28)26-14-16-7-11-18(12-8-16)34(24,31)32/h1-12H,13-14H2,(H,25,27)(H,26,28)(H2,23,29,30)(H2,24,31,32). The fraction of sp³-hybridized carbons (Fsp3) is 0.0909. The number of amides is 2. The van der Waals surface area contributed by atoms with Crippen molar-refractivity contribution in [2.75, 3.05) is 0 Å². The van der Waals surface area contributed by atoms with E-state index in [1.807, 2.05) is 0 Å². The third-order valence-electron chi connectivity index (χ3n) is 4.83. The van der Waals surface area contributed by atoms with E-state index in [1.165, 1.54) is 60.7 Å². The molecule has 0 atom stereocenters. The Kier molecular flexibility index (Phi) is 7.47. The van der Waals surface area contributed by atoms with Crippen LogP contribution in [0.25, 0.3) is 0 Å². The van der Waals surface area contributed by atoms with Crippen LogP contribution in [-0.2, 0) is 33.1 Å². The lowest BCUT2D eigenvalue weighted by atomic mass is 10.1. The van der Waals surface area contributed by atoms with Crippen LogP contribution in [0.2, 0.25) is 0 Å². The van der Waals surface area contributed by atoms with Crippen molar-refractivity contribution in [3.05, 3.63) is 95.1 Å². The summed E-state index contributed by atoms with van der Waals surface area (Å²) in [5, 5.41) is 15.5. The van der Waals surface area contributed by atoms with Gasteiger partial charge in [-0.2, -0.15) is 0 Å². The van der Waals surface area contributed by atoms with Gasteiger partial charge in [0.25, 0.3) is 11.8 Å². The lowest BCUT2D eigenvalue weighted by molar-refractivity contribution is 0.0916. The third-order valence-corrected chi connectivity index (χ3v) is 6.68. The zero-order valence-corrected chi connectivity index (χ0v) is 19.4. The lowest BCUT2D eigenvalue weighted by Gasteiger charge is -2.11. The van der Waals surface area contributed by atoms with E-state index in [4.69, 9.17) is 10.3 Å². The average molecular weight is 503 g/mol. The summed E-state index contributed by atoms with van der Waals surface area (Å²) in [5.74, 6) is -0.974. The molecule has 0 unspecified atom stereocenters. The van der Waals surface area contributed by atoms with E-state index < -0.39 is 31.9 Å². The topological polar surface area (TPSA) is 179 Å². The summed E-state index contributed by atoms with van der Waals surface area (Å²) in [5.41, 5.74) is 1.60. The molecule has 0 heterocycles. The van der Waals surface area contributed by atoms with Crippen LogP contribution in [-0.4, -0.2) is 28.6 Å². The molecule has 3 rings (SSSR count). The van der Waals surface area contributed by atoms with Gasteiger partial charge in [-0.15, -0.1) is 0 Å². The summed E-state index contributed by atoms with van der Waals surface area (Å²) in [6.45, 7) is 0.214. The Morgan fingerprint density at radius 2 is 0.912 bits per heavy atom. The Bertz CT molecular complexity index is 1310. The predicted octanol–water partition coefficient (Wildman–Crippen LogP) is 0.841. The molecule has 3 aromatic carbocycles. The smallest absolute Gasteiger partial charge is 0.252 e. The molecule has 34 heavy (non-hydrogen) atoms. The van der Waals surface area contributed by atoms with Crippen molar-refractivity contribution in [2.24, 2.45) is 10.3 Å². The van der Waals surface area contributed by atoms with E-state index in [0.29, 0.717) is 11.1 Å². The number of rotatable bonds is 8. The second kappa shape index (κ2) is 10.1. The molecule has 0 bridgehead atoms. The molecule has 10 nitrogen and oxygen atoms in total. The summed E-state index contributed by atoms with van der Waals surface area (Å²) in [4.78, 5) is 25.3. The maximum absolute atomic E-state index is 12.7. The second-order valence-corrected chi connectivity index (χ2v) is 10.4. The molecule has 3 aromatic rings. The third kappa shape index (κ3) is 6.48. The summed E-state index contributed by atoms with van der Waals surface area (Å²) < 4.78 is 45.3. The largest absolute Gasteiger partial charge is 0.348 e. The molecule has 0 aliphatic carbocycles. The molecule has 12 heteroatoms. The summed E-state index contributed by atoms with van der Waals surface area (Å²) in [6, 6.07) is 17.7. The van der Waals surface area contributed by atoms with Crippen LogP contribution in [0.1, 0.15) is 31.8 Å². The number of hydrogen-bond donors (Lipinski definition) is 4. The van der Waals surface area contributed by atoms with E-state index in [-0.39, 0.29) is 34.0 Å². The van der Waals surface area contributed by atoms with Crippen molar-refractivity contribution in [3.8, 4) is 0 Å². The second-order valence-electron chi connectivity index (χ2n) is 7.29. The minimum absolute atomic E-state index is 0.0381. The number of benzene rings is 3. The van der Waals surface area contributed by atoms with Crippen LogP contribution in [0.4, 0.5) is 0 Å². The van der Waals surface area contributed by atoms with Crippen molar-refractivity contribution in [1.82, 2.24) is 10.6 Å². The van der Waals surface area contributed by atoms with Gasteiger partial charge in [0.2, 0.25) is 20.0 Å². The van der Waals surface area contributed by atoms with Gasteiger partial charge in [-0.25, -0.2) is 27.1 Å². The zero-order chi connectivity index (χ0) is 24.9. The number of nitrogens with two attached hydrogens (primary N) is 2. The fourth-order valence-corrected chi connectivity index (χ4v) is 4.06. The Morgan fingerprint density at radius 3 is 1.21 bits per heavy atom. The first-order valence-corrected chi connectivity index (χ1v) is 12.9. The van der Waals surface area contributed by atoms with Gasteiger partial charge in [0, 0.05) is 13.1 Å². The van der Waals surface area contributed by atoms with Crippen LogP contribution in [0.5, 0.6) is 0 Å². The highest BCUT2D eigenvalue weighted by atomic mass is 32.2. The Balaban J connectivity index is 1.65. The zero-order valence-electron chi connectivity index (χ0n) is 17.8. The van der Waals surface area contributed by atoms with Gasteiger partial charge in [-0.05, 0) is 47.5 Å². The molecule has 0 saturated heterocycles. The fourth-order valence-electron chi connectivity index (χ4n) is 3.03. The number of hydrogen-bond acceptors (Lipinski definition) is 6. The van der Waals surface area contributed by atoms with Gasteiger partial charge in [-0.1, -0.05) is 36.4 Å². The number of carbonyl (C=O) groups excluding carboxylic acids is 2. The molecular formula is C22H22N4O6S2. The number of primary sulfonamides is 2. The predicted molar refractivity (Wildman–Crippen MR) is 124 cm³/mol. The number of nitrogens with one attached hydrogen (secondary N) is 2. The van der Waals surface area contributed by atoms with Crippen molar-refractivity contribution in [3.63, 3.8) is 0 Å². The highest BCUT2D eigenvalue weighted by Gasteiger charge is 2.17. The first-order chi connectivity index (χ1) is 15.9. The molecule has 0 fully saturated rings.